The van der Waals surface area contributed by atoms with Crippen LogP contribution in [0, 0.1) is 0 Å². The van der Waals surface area contributed by atoms with Crippen LogP contribution in [0.3, 0.4) is 0 Å². The van der Waals surface area contributed by atoms with Gasteiger partial charge in [0.25, 0.3) is 0 Å². The quantitative estimate of drug-likeness (QED) is 0.733. The van der Waals surface area contributed by atoms with Gasteiger partial charge in [0, 0.05) is 12.1 Å². The smallest absolute Gasteiger partial charge is 0.00643 e. The third-order valence-corrected chi connectivity index (χ3v) is 4.15. The monoisotopic (exact) mass is 256 g/mol. The van der Waals surface area contributed by atoms with Crippen molar-refractivity contribution >= 4 is 0 Å². The summed E-state index contributed by atoms with van der Waals surface area (Å²) in [6.07, 6.45) is 5.60. The van der Waals surface area contributed by atoms with Crippen LogP contribution in [0.4, 0.5) is 0 Å². The Kier molecular flexibility index (Phi) is 10.8. The summed E-state index contributed by atoms with van der Waals surface area (Å²) in [5.41, 5.74) is 0. The van der Waals surface area contributed by atoms with Gasteiger partial charge in [-0.1, -0.05) is 27.2 Å². The molecule has 0 aromatic rings. The number of likely N-dealkylation sites (tertiary alicyclic amines) is 1. The van der Waals surface area contributed by atoms with E-state index in [0.717, 1.165) is 6.04 Å². The van der Waals surface area contributed by atoms with Crippen LogP contribution in [0.5, 0.6) is 0 Å². The van der Waals surface area contributed by atoms with Crippen LogP contribution in [0.25, 0.3) is 0 Å². The lowest BCUT2D eigenvalue weighted by Crippen LogP contribution is -2.36. The Morgan fingerprint density at radius 2 is 1.39 bits per heavy atom. The fourth-order valence-corrected chi connectivity index (χ4v) is 2.57. The summed E-state index contributed by atoms with van der Waals surface area (Å²) in [5, 5.41) is 0. The first kappa shape index (κ1) is 17.9. The lowest BCUT2D eigenvalue weighted by atomic mass is 10.1. The first-order chi connectivity index (χ1) is 8.56. The van der Waals surface area contributed by atoms with Gasteiger partial charge in [0.2, 0.25) is 0 Å². The minimum Gasteiger partial charge on any atom is -0.301 e. The Morgan fingerprint density at radius 1 is 0.889 bits per heavy atom. The van der Waals surface area contributed by atoms with Crippen LogP contribution in [0.2, 0.25) is 0 Å². The molecule has 0 amide bonds. The van der Waals surface area contributed by atoms with Gasteiger partial charge in [0.15, 0.2) is 0 Å². The zero-order chi connectivity index (χ0) is 14.0. The molecule has 0 aliphatic carbocycles. The van der Waals surface area contributed by atoms with Crippen LogP contribution >= 0.6 is 0 Å². The van der Waals surface area contributed by atoms with Crippen molar-refractivity contribution in [2.45, 2.75) is 79.3 Å². The van der Waals surface area contributed by atoms with Crippen molar-refractivity contribution in [3.8, 4) is 0 Å². The van der Waals surface area contributed by atoms with Crippen molar-refractivity contribution in [1.82, 2.24) is 9.80 Å². The standard InChI is InChI=1S/C9H19N.C7H17N/c1-3-9(2)10-7-5-4-6-8-10;1-5-8(6-2)7(3)4/h9H,3-8H2,1-2H3;7H,5-6H2,1-4H3. The van der Waals surface area contributed by atoms with Crippen molar-refractivity contribution in [3.63, 3.8) is 0 Å². The third-order valence-electron chi connectivity index (χ3n) is 4.15. The topological polar surface area (TPSA) is 6.48 Å². The van der Waals surface area contributed by atoms with E-state index in [1.807, 2.05) is 0 Å². The Labute approximate surface area is 116 Å². The first-order valence-electron chi connectivity index (χ1n) is 8.04. The second kappa shape index (κ2) is 10.8. The van der Waals surface area contributed by atoms with Gasteiger partial charge in [0.1, 0.15) is 0 Å². The van der Waals surface area contributed by atoms with E-state index in [2.05, 4.69) is 51.3 Å². The molecular weight excluding hydrogens is 220 g/mol. The zero-order valence-corrected chi connectivity index (χ0v) is 13.7. The summed E-state index contributed by atoms with van der Waals surface area (Å²) in [6.45, 7) is 18.5. The maximum absolute atomic E-state index is 2.61. The van der Waals surface area contributed by atoms with Crippen LogP contribution in [-0.4, -0.2) is 48.1 Å². The molecule has 0 spiro atoms. The summed E-state index contributed by atoms with van der Waals surface area (Å²) in [4.78, 5) is 5.03. The molecule has 0 aromatic carbocycles. The zero-order valence-electron chi connectivity index (χ0n) is 13.7. The summed E-state index contributed by atoms with van der Waals surface area (Å²) in [6, 6.07) is 1.53. The molecule has 1 rings (SSSR count). The van der Waals surface area contributed by atoms with E-state index in [-0.39, 0.29) is 0 Å². The number of piperidine rings is 1. The number of rotatable bonds is 5. The Balaban J connectivity index is 0.000000331. The van der Waals surface area contributed by atoms with E-state index in [4.69, 9.17) is 0 Å². The molecule has 1 heterocycles. The molecule has 1 fully saturated rings. The van der Waals surface area contributed by atoms with Gasteiger partial charge in [-0.25, -0.2) is 0 Å². The van der Waals surface area contributed by atoms with Crippen molar-refractivity contribution < 1.29 is 0 Å². The van der Waals surface area contributed by atoms with Gasteiger partial charge in [-0.3, -0.25) is 0 Å². The van der Waals surface area contributed by atoms with Crippen LogP contribution in [-0.2, 0) is 0 Å². The predicted octanol–water partition coefficient (Wildman–Crippen LogP) is 4.01. The fourth-order valence-electron chi connectivity index (χ4n) is 2.57. The molecule has 1 unspecified atom stereocenters. The maximum Gasteiger partial charge on any atom is 0.00643 e. The number of hydrogen-bond acceptors (Lipinski definition) is 2. The second-order valence-electron chi connectivity index (χ2n) is 5.67. The highest BCUT2D eigenvalue weighted by Crippen LogP contribution is 2.13. The average Bonchev–Trinajstić information content (AvgIpc) is 2.40. The molecule has 1 saturated heterocycles. The van der Waals surface area contributed by atoms with Gasteiger partial charge >= 0.3 is 0 Å². The Morgan fingerprint density at radius 3 is 1.67 bits per heavy atom. The van der Waals surface area contributed by atoms with Gasteiger partial charge in [-0.15, -0.1) is 0 Å². The molecule has 1 aliphatic rings. The lowest BCUT2D eigenvalue weighted by Gasteiger charge is -2.31. The SMILES string of the molecule is CCC(C)N1CCCCC1.CCN(CC)C(C)C. The maximum atomic E-state index is 2.61. The molecular formula is C16H36N2. The van der Waals surface area contributed by atoms with E-state index in [1.54, 1.807) is 0 Å². The third kappa shape index (κ3) is 7.38. The number of nitrogens with zero attached hydrogens (tertiary/aromatic N) is 2. The van der Waals surface area contributed by atoms with Crippen LogP contribution in [0.1, 0.15) is 67.2 Å². The summed E-state index contributed by atoms with van der Waals surface area (Å²) in [7, 11) is 0. The Hall–Kier alpha value is -0.0800. The van der Waals surface area contributed by atoms with E-state index in [0.29, 0.717) is 6.04 Å². The molecule has 0 radical (unpaired) electrons. The molecule has 0 aromatic heterocycles. The highest BCUT2D eigenvalue weighted by atomic mass is 15.1. The highest BCUT2D eigenvalue weighted by molar-refractivity contribution is 4.69. The largest absolute Gasteiger partial charge is 0.301 e. The van der Waals surface area contributed by atoms with E-state index >= 15 is 0 Å². The average molecular weight is 256 g/mol. The van der Waals surface area contributed by atoms with Crippen molar-refractivity contribution in [2.24, 2.45) is 0 Å². The molecule has 1 atom stereocenters. The molecule has 110 valence electrons. The second-order valence-corrected chi connectivity index (χ2v) is 5.67. The Bertz CT molecular complexity index is 170. The molecule has 0 saturated carbocycles. The van der Waals surface area contributed by atoms with E-state index in [1.165, 1.54) is 51.9 Å². The van der Waals surface area contributed by atoms with Crippen molar-refractivity contribution in [2.75, 3.05) is 26.2 Å². The van der Waals surface area contributed by atoms with E-state index < -0.39 is 0 Å². The predicted molar refractivity (Wildman–Crippen MR) is 83.2 cm³/mol. The van der Waals surface area contributed by atoms with Crippen molar-refractivity contribution in [3.05, 3.63) is 0 Å². The lowest BCUT2D eigenvalue weighted by molar-refractivity contribution is 0.170. The number of hydrogen-bond donors (Lipinski definition) is 0. The highest BCUT2D eigenvalue weighted by Gasteiger charge is 2.13. The summed E-state index contributed by atoms with van der Waals surface area (Å²) in [5.74, 6) is 0. The van der Waals surface area contributed by atoms with Crippen LogP contribution < -0.4 is 0 Å². The minimum absolute atomic E-state index is 0.713. The van der Waals surface area contributed by atoms with Gasteiger partial charge < -0.3 is 9.80 Å². The van der Waals surface area contributed by atoms with Crippen LogP contribution in [0.15, 0.2) is 0 Å². The van der Waals surface area contributed by atoms with Gasteiger partial charge in [-0.2, -0.15) is 0 Å². The van der Waals surface area contributed by atoms with Gasteiger partial charge in [-0.05, 0) is 66.2 Å². The summed E-state index contributed by atoms with van der Waals surface area (Å²) < 4.78 is 0. The molecule has 1 aliphatic heterocycles. The molecule has 2 nitrogen and oxygen atoms in total. The van der Waals surface area contributed by atoms with E-state index in [9.17, 15) is 0 Å². The molecule has 0 N–H and O–H groups in total. The summed E-state index contributed by atoms with van der Waals surface area (Å²) >= 11 is 0. The molecule has 0 bridgehead atoms. The van der Waals surface area contributed by atoms with Crippen molar-refractivity contribution in [1.29, 1.82) is 0 Å². The molecule has 18 heavy (non-hydrogen) atoms. The first-order valence-corrected chi connectivity index (χ1v) is 8.04. The fraction of sp³-hybridized carbons (Fsp3) is 1.00. The normalized spacial score (nSPS) is 18.7. The minimum atomic E-state index is 0.713. The van der Waals surface area contributed by atoms with Gasteiger partial charge in [0.05, 0.1) is 0 Å². The molecule has 2 heteroatoms.